The predicted octanol–water partition coefficient (Wildman–Crippen LogP) is 1.13. The van der Waals surface area contributed by atoms with Gasteiger partial charge in [-0.3, -0.25) is 4.79 Å². The SMILES string of the molecule is Cc1nc(OCC2CNC(=O)C2)c(C)c2c1CC(C=O)C2. The van der Waals surface area contributed by atoms with Crippen molar-refractivity contribution in [1.29, 1.82) is 0 Å². The Labute approximate surface area is 124 Å². The van der Waals surface area contributed by atoms with Crippen LogP contribution in [0.25, 0.3) is 0 Å². The van der Waals surface area contributed by atoms with Crippen LogP contribution in [0.3, 0.4) is 0 Å². The van der Waals surface area contributed by atoms with E-state index >= 15 is 0 Å². The van der Waals surface area contributed by atoms with Crippen LogP contribution in [0.1, 0.15) is 28.8 Å². The molecule has 2 atom stereocenters. The second-order valence-corrected chi connectivity index (χ2v) is 6.07. The van der Waals surface area contributed by atoms with Gasteiger partial charge >= 0.3 is 0 Å². The molecule has 0 spiro atoms. The fourth-order valence-electron chi connectivity index (χ4n) is 3.24. The summed E-state index contributed by atoms with van der Waals surface area (Å²) >= 11 is 0. The Kier molecular flexibility index (Phi) is 3.66. The zero-order valence-corrected chi connectivity index (χ0v) is 12.4. The monoisotopic (exact) mass is 288 g/mol. The molecule has 1 aromatic rings. The third kappa shape index (κ3) is 2.64. The molecule has 112 valence electrons. The summed E-state index contributed by atoms with van der Waals surface area (Å²) in [5.41, 5.74) is 4.41. The highest BCUT2D eigenvalue weighted by molar-refractivity contribution is 5.78. The zero-order chi connectivity index (χ0) is 15.0. The number of rotatable bonds is 4. The molecule has 5 nitrogen and oxygen atoms in total. The summed E-state index contributed by atoms with van der Waals surface area (Å²) in [7, 11) is 0. The van der Waals surface area contributed by atoms with E-state index in [0.29, 0.717) is 25.5 Å². The maximum atomic E-state index is 11.2. The number of aldehydes is 1. The molecule has 1 N–H and O–H groups in total. The lowest BCUT2D eigenvalue weighted by molar-refractivity contribution is -0.119. The van der Waals surface area contributed by atoms with E-state index in [-0.39, 0.29) is 17.7 Å². The molecule has 0 radical (unpaired) electrons. The number of pyridine rings is 1. The summed E-state index contributed by atoms with van der Waals surface area (Å²) in [6.07, 6.45) is 3.14. The molecule has 2 unspecified atom stereocenters. The molecular formula is C16H20N2O3. The van der Waals surface area contributed by atoms with Crippen LogP contribution < -0.4 is 10.1 Å². The molecule has 21 heavy (non-hydrogen) atoms. The molecule has 1 aliphatic carbocycles. The van der Waals surface area contributed by atoms with Crippen molar-refractivity contribution in [3.8, 4) is 5.88 Å². The van der Waals surface area contributed by atoms with Gasteiger partial charge in [0.05, 0.1) is 6.61 Å². The van der Waals surface area contributed by atoms with Crippen LogP contribution in [0.2, 0.25) is 0 Å². The molecule has 1 saturated heterocycles. The van der Waals surface area contributed by atoms with Crippen LogP contribution in [0.5, 0.6) is 5.88 Å². The van der Waals surface area contributed by atoms with Crippen molar-refractivity contribution < 1.29 is 14.3 Å². The van der Waals surface area contributed by atoms with E-state index < -0.39 is 0 Å². The fourth-order valence-corrected chi connectivity index (χ4v) is 3.24. The number of hydrogen-bond acceptors (Lipinski definition) is 4. The molecule has 0 aromatic carbocycles. The van der Waals surface area contributed by atoms with E-state index in [1.54, 1.807) is 0 Å². The second kappa shape index (κ2) is 5.47. The van der Waals surface area contributed by atoms with Crippen LogP contribution >= 0.6 is 0 Å². The largest absolute Gasteiger partial charge is 0.477 e. The minimum atomic E-state index is 0.0751. The van der Waals surface area contributed by atoms with Crippen molar-refractivity contribution in [2.24, 2.45) is 11.8 Å². The number of aromatic nitrogens is 1. The van der Waals surface area contributed by atoms with Crippen molar-refractivity contribution in [3.05, 3.63) is 22.4 Å². The average Bonchev–Trinajstić information content (AvgIpc) is 3.07. The molecule has 3 rings (SSSR count). The first-order valence-corrected chi connectivity index (χ1v) is 7.42. The van der Waals surface area contributed by atoms with E-state index in [1.807, 2.05) is 13.8 Å². The summed E-state index contributed by atoms with van der Waals surface area (Å²) in [6, 6.07) is 0. The Morgan fingerprint density at radius 1 is 1.29 bits per heavy atom. The number of nitrogens with one attached hydrogen (secondary N) is 1. The number of carbonyl (C=O) groups excluding carboxylic acids is 2. The minimum Gasteiger partial charge on any atom is -0.477 e. The van der Waals surface area contributed by atoms with Gasteiger partial charge in [0, 0.05) is 36.1 Å². The molecule has 0 saturated carbocycles. The minimum absolute atomic E-state index is 0.0751. The molecule has 2 heterocycles. The summed E-state index contributed by atoms with van der Waals surface area (Å²) < 4.78 is 5.85. The van der Waals surface area contributed by atoms with E-state index in [9.17, 15) is 9.59 Å². The van der Waals surface area contributed by atoms with Crippen molar-refractivity contribution in [2.45, 2.75) is 33.1 Å². The van der Waals surface area contributed by atoms with Crippen LogP contribution in [0.15, 0.2) is 0 Å². The van der Waals surface area contributed by atoms with Gasteiger partial charge in [0.2, 0.25) is 11.8 Å². The zero-order valence-electron chi connectivity index (χ0n) is 12.4. The topological polar surface area (TPSA) is 68.3 Å². The fraction of sp³-hybridized carbons (Fsp3) is 0.562. The maximum Gasteiger partial charge on any atom is 0.220 e. The third-order valence-electron chi connectivity index (χ3n) is 4.49. The summed E-state index contributed by atoms with van der Waals surface area (Å²) in [6.45, 7) is 5.15. The van der Waals surface area contributed by atoms with Gasteiger partial charge in [-0.1, -0.05) is 0 Å². The summed E-state index contributed by atoms with van der Waals surface area (Å²) in [5.74, 6) is 1.03. The van der Waals surface area contributed by atoms with Gasteiger partial charge in [-0.2, -0.15) is 0 Å². The average molecular weight is 288 g/mol. The number of fused-ring (bicyclic) bond motifs is 1. The van der Waals surface area contributed by atoms with Crippen molar-refractivity contribution in [3.63, 3.8) is 0 Å². The van der Waals surface area contributed by atoms with Crippen molar-refractivity contribution in [1.82, 2.24) is 10.3 Å². The molecular weight excluding hydrogens is 268 g/mol. The third-order valence-corrected chi connectivity index (χ3v) is 4.49. The predicted molar refractivity (Wildman–Crippen MR) is 77.3 cm³/mol. The highest BCUT2D eigenvalue weighted by Gasteiger charge is 2.28. The Hall–Kier alpha value is -1.91. The summed E-state index contributed by atoms with van der Waals surface area (Å²) in [4.78, 5) is 26.8. The van der Waals surface area contributed by atoms with Crippen molar-refractivity contribution >= 4 is 12.2 Å². The van der Waals surface area contributed by atoms with Gasteiger partial charge in [-0.05, 0) is 37.8 Å². The number of carbonyl (C=O) groups is 2. The lowest BCUT2D eigenvalue weighted by Gasteiger charge is -2.15. The first-order valence-electron chi connectivity index (χ1n) is 7.42. The first kappa shape index (κ1) is 14.0. The van der Waals surface area contributed by atoms with Gasteiger partial charge in [-0.15, -0.1) is 0 Å². The van der Waals surface area contributed by atoms with Crippen LogP contribution in [-0.4, -0.2) is 30.3 Å². The maximum absolute atomic E-state index is 11.2. The molecule has 2 aliphatic rings. The summed E-state index contributed by atoms with van der Waals surface area (Å²) in [5, 5.41) is 2.81. The van der Waals surface area contributed by atoms with Crippen LogP contribution in [-0.2, 0) is 22.4 Å². The molecule has 1 fully saturated rings. The number of aryl methyl sites for hydroxylation is 1. The number of nitrogens with zero attached hydrogens (tertiary/aromatic N) is 1. The molecule has 5 heteroatoms. The Balaban J connectivity index is 1.76. The van der Waals surface area contributed by atoms with Crippen LogP contribution in [0, 0.1) is 25.7 Å². The van der Waals surface area contributed by atoms with E-state index in [2.05, 4.69) is 10.3 Å². The van der Waals surface area contributed by atoms with Gasteiger partial charge in [0.25, 0.3) is 0 Å². The first-order chi connectivity index (χ1) is 10.1. The normalized spacial score (nSPS) is 23.8. The van der Waals surface area contributed by atoms with Gasteiger partial charge in [0.1, 0.15) is 6.29 Å². The van der Waals surface area contributed by atoms with Crippen LogP contribution in [0.4, 0.5) is 0 Å². The second-order valence-electron chi connectivity index (χ2n) is 6.07. The smallest absolute Gasteiger partial charge is 0.220 e. The van der Waals surface area contributed by atoms with E-state index in [0.717, 1.165) is 30.4 Å². The van der Waals surface area contributed by atoms with E-state index in [1.165, 1.54) is 11.1 Å². The van der Waals surface area contributed by atoms with Gasteiger partial charge < -0.3 is 14.8 Å². The number of amides is 1. The molecule has 1 aromatic heterocycles. The van der Waals surface area contributed by atoms with Crippen molar-refractivity contribution in [2.75, 3.05) is 13.2 Å². The quantitative estimate of drug-likeness (QED) is 0.843. The van der Waals surface area contributed by atoms with E-state index in [4.69, 9.17) is 4.74 Å². The Morgan fingerprint density at radius 3 is 2.71 bits per heavy atom. The highest BCUT2D eigenvalue weighted by atomic mass is 16.5. The Morgan fingerprint density at radius 2 is 2.05 bits per heavy atom. The number of ether oxygens (including phenoxy) is 1. The Bertz CT molecular complexity index is 598. The standard InChI is InChI=1S/C16H20N2O3/c1-9-13-3-11(7-19)4-14(13)10(2)18-16(9)21-8-12-5-15(20)17-6-12/h7,11-12H,3-6,8H2,1-2H3,(H,17,20). The molecule has 1 aliphatic heterocycles. The highest BCUT2D eigenvalue weighted by Crippen LogP contribution is 2.34. The number of hydrogen-bond donors (Lipinski definition) is 1. The van der Waals surface area contributed by atoms with Gasteiger partial charge in [-0.25, -0.2) is 4.98 Å². The molecule has 0 bridgehead atoms. The lowest BCUT2D eigenvalue weighted by Crippen LogP contribution is -2.17. The lowest BCUT2D eigenvalue weighted by atomic mass is 10.0. The molecule has 1 amide bonds. The van der Waals surface area contributed by atoms with Gasteiger partial charge in [0.15, 0.2) is 0 Å².